The van der Waals surface area contributed by atoms with Crippen LogP contribution in [0, 0.1) is 5.82 Å². The van der Waals surface area contributed by atoms with Crippen LogP contribution >= 0.6 is 38.9 Å². The molecule has 31 heavy (non-hydrogen) atoms. The van der Waals surface area contributed by atoms with Gasteiger partial charge >= 0.3 is 0 Å². The van der Waals surface area contributed by atoms with Crippen LogP contribution in [-0.4, -0.2) is 11.7 Å². The van der Waals surface area contributed by atoms with Crippen LogP contribution in [0.4, 0.5) is 10.1 Å². The topological polar surface area (TPSA) is 32.7 Å². The van der Waals surface area contributed by atoms with Crippen molar-refractivity contribution in [2.24, 2.45) is 4.99 Å². The fourth-order valence-electron chi connectivity index (χ4n) is 3.37. The first kappa shape index (κ1) is 20.1. The number of hydrogen-bond acceptors (Lipinski definition) is 3. The van der Waals surface area contributed by atoms with Crippen LogP contribution < -0.4 is 4.90 Å². The van der Waals surface area contributed by atoms with Crippen molar-refractivity contribution in [3.05, 3.63) is 104 Å². The largest absolute Gasteiger partial charge is 0.282 e. The van der Waals surface area contributed by atoms with Crippen molar-refractivity contribution in [3.8, 4) is 0 Å². The van der Waals surface area contributed by atoms with E-state index in [1.54, 1.807) is 23.1 Å². The van der Waals surface area contributed by atoms with Gasteiger partial charge in [0, 0.05) is 14.6 Å². The summed E-state index contributed by atoms with van der Waals surface area (Å²) in [5.41, 5.74) is 1.63. The molecular formula is C24H13BrClFN2OS. The third kappa shape index (κ3) is 3.71. The summed E-state index contributed by atoms with van der Waals surface area (Å²) in [6.07, 6.45) is 1.65. The third-order valence-electron chi connectivity index (χ3n) is 4.86. The van der Waals surface area contributed by atoms with Gasteiger partial charge in [0.1, 0.15) is 11.5 Å². The number of halogens is 3. The zero-order valence-corrected chi connectivity index (χ0v) is 19.0. The molecule has 3 nitrogen and oxygen atoms in total. The number of carbonyl (C=O) groups is 1. The SMILES string of the molecule is O=C1/C(=C\c2ccc(F)cc2)N=C(c2sc3ccccc3c2Cl)N1c1ccc(Br)cc1. The van der Waals surface area contributed by atoms with E-state index in [2.05, 4.69) is 20.9 Å². The Morgan fingerprint density at radius 3 is 2.42 bits per heavy atom. The van der Waals surface area contributed by atoms with E-state index in [9.17, 15) is 9.18 Å². The van der Waals surface area contributed by atoms with Gasteiger partial charge in [-0.2, -0.15) is 0 Å². The molecule has 0 bridgehead atoms. The van der Waals surface area contributed by atoms with Crippen molar-refractivity contribution in [1.29, 1.82) is 0 Å². The molecule has 0 atom stereocenters. The second-order valence-corrected chi connectivity index (χ2v) is 9.22. The number of aliphatic imine (C=N–C) groups is 1. The quantitative estimate of drug-likeness (QED) is 0.266. The first-order chi connectivity index (χ1) is 15.0. The minimum atomic E-state index is -0.336. The molecular weight excluding hydrogens is 499 g/mol. The zero-order valence-electron chi connectivity index (χ0n) is 15.9. The molecule has 152 valence electrons. The summed E-state index contributed by atoms with van der Waals surface area (Å²) in [6.45, 7) is 0. The van der Waals surface area contributed by atoms with Crippen molar-refractivity contribution in [2.75, 3.05) is 4.90 Å². The number of rotatable bonds is 3. The maximum Gasteiger partial charge on any atom is 0.282 e. The minimum absolute atomic E-state index is 0.262. The van der Waals surface area contributed by atoms with Crippen molar-refractivity contribution < 1.29 is 9.18 Å². The Morgan fingerprint density at radius 1 is 1.00 bits per heavy atom. The van der Waals surface area contributed by atoms with Crippen molar-refractivity contribution in [3.63, 3.8) is 0 Å². The molecule has 0 radical (unpaired) electrons. The number of amidine groups is 1. The van der Waals surface area contributed by atoms with Crippen molar-refractivity contribution in [1.82, 2.24) is 0 Å². The lowest BCUT2D eigenvalue weighted by atomic mass is 10.2. The van der Waals surface area contributed by atoms with Crippen molar-refractivity contribution in [2.45, 2.75) is 0 Å². The van der Waals surface area contributed by atoms with Gasteiger partial charge in [-0.15, -0.1) is 11.3 Å². The number of nitrogens with zero attached hydrogens (tertiary/aromatic N) is 2. The molecule has 1 aromatic heterocycles. The third-order valence-corrected chi connectivity index (χ3v) is 7.06. The van der Waals surface area contributed by atoms with Gasteiger partial charge in [0.15, 0.2) is 5.84 Å². The number of amides is 1. The van der Waals surface area contributed by atoms with E-state index in [1.165, 1.54) is 23.5 Å². The second-order valence-electron chi connectivity index (χ2n) is 6.87. The highest BCUT2D eigenvalue weighted by Gasteiger charge is 2.34. The molecule has 0 spiro atoms. The van der Waals surface area contributed by atoms with Gasteiger partial charge in [0.05, 0.1) is 15.6 Å². The number of thiophene rings is 1. The Labute approximate surface area is 195 Å². The molecule has 0 N–H and O–H groups in total. The normalized spacial score (nSPS) is 15.2. The zero-order chi connectivity index (χ0) is 21.5. The Kier molecular flexibility index (Phi) is 5.22. The van der Waals surface area contributed by atoms with Gasteiger partial charge in [-0.1, -0.05) is 57.9 Å². The Balaban J connectivity index is 1.68. The summed E-state index contributed by atoms with van der Waals surface area (Å²) in [4.78, 5) is 20.4. The Hall–Kier alpha value is -2.80. The number of hydrogen-bond donors (Lipinski definition) is 0. The molecule has 4 aromatic rings. The summed E-state index contributed by atoms with van der Waals surface area (Å²) in [7, 11) is 0. The smallest absolute Gasteiger partial charge is 0.266 e. The van der Waals surface area contributed by atoms with E-state index < -0.39 is 0 Å². The van der Waals surface area contributed by atoms with Gasteiger partial charge in [0.2, 0.25) is 0 Å². The van der Waals surface area contributed by atoms with Crippen LogP contribution in [0.1, 0.15) is 10.4 Å². The monoisotopic (exact) mass is 510 g/mol. The Morgan fingerprint density at radius 2 is 1.71 bits per heavy atom. The molecule has 1 aliphatic rings. The van der Waals surface area contributed by atoms with Crippen LogP contribution in [0.3, 0.4) is 0 Å². The second kappa shape index (κ2) is 8.04. The average Bonchev–Trinajstić information content (AvgIpc) is 3.28. The van der Waals surface area contributed by atoms with Crippen LogP contribution in [0.2, 0.25) is 5.02 Å². The predicted molar refractivity (Wildman–Crippen MR) is 129 cm³/mol. The summed E-state index contributed by atoms with van der Waals surface area (Å²) in [5, 5.41) is 1.49. The van der Waals surface area contributed by atoms with Crippen LogP contribution in [0.5, 0.6) is 0 Å². The first-order valence-electron chi connectivity index (χ1n) is 9.34. The summed E-state index contributed by atoms with van der Waals surface area (Å²) in [6, 6.07) is 21.2. The lowest BCUT2D eigenvalue weighted by Gasteiger charge is -2.18. The number of carbonyl (C=O) groups excluding carboxylic acids is 1. The standard InChI is InChI=1S/C24H13BrClFN2OS/c25-15-7-11-17(12-8-15)29-23(22-21(26)18-3-1-2-4-20(18)31-22)28-19(24(29)30)13-14-5-9-16(27)10-6-14/h1-13H/b19-13+. The summed E-state index contributed by atoms with van der Waals surface area (Å²) < 4.78 is 15.2. The number of fused-ring (bicyclic) bond motifs is 1. The number of benzene rings is 3. The van der Waals surface area contributed by atoms with E-state index in [0.29, 0.717) is 22.1 Å². The van der Waals surface area contributed by atoms with Crippen molar-refractivity contribution >= 4 is 72.5 Å². The highest BCUT2D eigenvalue weighted by molar-refractivity contribution is 9.10. The molecule has 0 fully saturated rings. The first-order valence-corrected chi connectivity index (χ1v) is 11.3. The van der Waals surface area contributed by atoms with Crippen LogP contribution in [0.25, 0.3) is 16.2 Å². The van der Waals surface area contributed by atoms with Gasteiger partial charge in [0.25, 0.3) is 5.91 Å². The lowest BCUT2D eigenvalue weighted by molar-refractivity contribution is -0.113. The van der Waals surface area contributed by atoms with Gasteiger partial charge < -0.3 is 0 Å². The molecule has 1 aliphatic heterocycles. The fourth-order valence-corrected chi connectivity index (χ4v) is 5.13. The van der Waals surface area contributed by atoms with E-state index in [4.69, 9.17) is 11.6 Å². The summed E-state index contributed by atoms with van der Waals surface area (Å²) >= 11 is 11.6. The maximum absolute atomic E-state index is 13.4. The molecule has 1 amide bonds. The summed E-state index contributed by atoms with van der Waals surface area (Å²) in [5.74, 6) is -0.125. The maximum atomic E-state index is 13.4. The van der Waals surface area contributed by atoms with Gasteiger partial charge in [-0.25, -0.2) is 9.38 Å². The molecule has 0 saturated heterocycles. The van der Waals surface area contributed by atoms with E-state index in [0.717, 1.165) is 19.4 Å². The van der Waals surface area contributed by atoms with E-state index in [-0.39, 0.29) is 17.4 Å². The van der Waals surface area contributed by atoms with Gasteiger partial charge in [-0.3, -0.25) is 9.69 Å². The number of anilines is 1. The van der Waals surface area contributed by atoms with E-state index in [1.807, 2.05) is 48.5 Å². The van der Waals surface area contributed by atoms with Gasteiger partial charge in [-0.05, 0) is 54.1 Å². The predicted octanol–water partition coefficient (Wildman–Crippen LogP) is 7.29. The molecule has 5 rings (SSSR count). The fraction of sp³-hybridized carbons (Fsp3) is 0. The molecule has 2 heterocycles. The minimum Gasteiger partial charge on any atom is -0.266 e. The Bertz CT molecular complexity index is 1380. The molecule has 0 saturated carbocycles. The molecule has 0 unspecified atom stereocenters. The van der Waals surface area contributed by atoms with Crippen LogP contribution in [-0.2, 0) is 4.79 Å². The van der Waals surface area contributed by atoms with Crippen LogP contribution in [0.15, 0.2) is 88.0 Å². The average molecular weight is 512 g/mol. The lowest BCUT2D eigenvalue weighted by Crippen LogP contribution is -2.32. The molecule has 7 heteroatoms. The molecule has 3 aromatic carbocycles. The molecule has 0 aliphatic carbocycles. The van der Waals surface area contributed by atoms with E-state index >= 15 is 0 Å². The highest BCUT2D eigenvalue weighted by Crippen LogP contribution is 2.39. The highest BCUT2D eigenvalue weighted by atomic mass is 79.9.